The van der Waals surface area contributed by atoms with Gasteiger partial charge >= 0.3 is 12.2 Å². The Bertz CT molecular complexity index is 2350. The summed E-state index contributed by atoms with van der Waals surface area (Å²) in [5.74, 6) is -1.87. The van der Waals surface area contributed by atoms with Crippen molar-refractivity contribution in [2.45, 2.75) is 57.3 Å². The average Bonchev–Trinajstić information content (AvgIpc) is 3.95. The lowest BCUT2D eigenvalue weighted by Crippen LogP contribution is -2.43. The van der Waals surface area contributed by atoms with E-state index in [1.807, 2.05) is 6.07 Å². The van der Waals surface area contributed by atoms with E-state index in [2.05, 4.69) is 26.8 Å². The summed E-state index contributed by atoms with van der Waals surface area (Å²) in [6, 6.07) is 6.96. The summed E-state index contributed by atoms with van der Waals surface area (Å²) < 4.78 is 95.2. The number of rotatable bonds is 6. The first-order valence-corrected chi connectivity index (χ1v) is 19.3. The van der Waals surface area contributed by atoms with Gasteiger partial charge < -0.3 is 30.6 Å². The molecule has 9 rings (SSSR count). The van der Waals surface area contributed by atoms with Crippen LogP contribution in [0.5, 0.6) is 11.8 Å². The minimum Gasteiger partial charge on any atom is -0.490 e. The molecule has 3 saturated heterocycles. The topological polar surface area (TPSA) is 149 Å². The van der Waals surface area contributed by atoms with E-state index >= 15 is 22.0 Å². The number of benzene rings is 2. The summed E-state index contributed by atoms with van der Waals surface area (Å²) in [7, 11) is 0. The van der Waals surface area contributed by atoms with Crippen molar-refractivity contribution in [1.29, 1.82) is 5.26 Å². The summed E-state index contributed by atoms with van der Waals surface area (Å²) in [6.07, 6.45) is 1.39. The number of nitrogen functional groups attached to an aromatic ring is 2. The fourth-order valence-corrected chi connectivity index (χ4v) is 9.30. The van der Waals surface area contributed by atoms with Crippen molar-refractivity contribution in [2.75, 3.05) is 62.4 Å². The molecule has 11 nitrogen and oxygen atoms in total. The number of hydrogen-bond acceptors (Lipinski definition) is 12. The number of hydrogen-bond donors (Lipinski definition) is 2. The fourth-order valence-electron chi connectivity index (χ4n) is 8.35. The molecule has 1 unspecified atom stereocenters. The highest BCUT2D eigenvalue weighted by Crippen LogP contribution is 2.53. The summed E-state index contributed by atoms with van der Waals surface area (Å²) >= 11 is 0.693. The SMILES string of the molecule is CC1CCOC1.N#Cc1c(N)sc2c(F)ccc(-c3c(C(F)(F)F)c4c5c(nc(OCC67CCCN6CCC7)nc5c3F)N(Cc3cccnc3N)CCO4)c12. The Morgan fingerprint density at radius 3 is 2.52 bits per heavy atom. The van der Waals surface area contributed by atoms with Crippen LogP contribution in [0.1, 0.15) is 55.7 Å². The number of pyridine rings is 1. The number of halogens is 5. The molecule has 0 amide bonds. The van der Waals surface area contributed by atoms with Crippen LogP contribution in [0.2, 0.25) is 0 Å². The van der Waals surface area contributed by atoms with Crippen molar-refractivity contribution in [2.24, 2.45) is 5.92 Å². The first-order chi connectivity index (χ1) is 26.9. The molecule has 0 saturated carbocycles. The molecule has 5 aromatic rings. The molecule has 56 heavy (non-hydrogen) atoms. The molecule has 0 radical (unpaired) electrons. The number of alkyl halides is 3. The van der Waals surface area contributed by atoms with Crippen LogP contribution in [0.25, 0.3) is 32.1 Å². The Balaban J connectivity index is 0.000000673. The molecule has 4 N–H and O–H groups in total. The van der Waals surface area contributed by atoms with Crippen molar-refractivity contribution >= 4 is 49.0 Å². The van der Waals surface area contributed by atoms with Crippen molar-refractivity contribution in [3.63, 3.8) is 0 Å². The molecule has 0 spiro atoms. The monoisotopic (exact) mass is 794 g/mol. The zero-order valence-corrected chi connectivity index (χ0v) is 31.3. The Kier molecular flexibility index (Phi) is 10.00. The normalized spacial score (nSPS) is 19.0. The third kappa shape index (κ3) is 6.66. The molecule has 3 aromatic heterocycles. The van der Waals surface area contributed by atoms with Gasteiger partial charge in [-0.15, -0.1) is 11.3 Å². The third-order valence-corrected chi connectivity index (χ3v) is 12.1. The van der Waals surface area contributed by atoms with Gasteiger partial charge in [0.05, 0.1) is 27.7 Å². The number of nitriles is 1. The van der Waals surface area contributed by atoms with Gasteiger partial charge in [0.2, 0.25) is 0 Å². The predicted molar refractivity (Wildman–Crippen MR) is 202 cm³/mol. The molecule has 4 aliphatic heterocycles. The summed E-state index contributed by atoms with van der Waals surface area (Å²) in [4.78, 5) is 17.2. The molecule has 4 aliphatic rings. The number of fused-ring (bicyclic) bond motifs is 2. The smallest absolute Gasteiger partial charge is 0.420 e. The lowest BCUT2D eigenvalue weighted by atomic mass is 9.91. The van der Waals surface area contributed by atoms with Gasteiger partial charge in [-0.3, -0.25) is 4.90 Å². The van der Waals surface area contributed by atoms with Crippen molar-refractivity contribution in [3.05, 3.63) is 58.8 Å². The molecular formula is C39H39F5N8O3S. The van der Waals surface area contributed by atoms with Gasteiger partial charge in [0.25, 0.3) is 0 Å². The van der Waals surface area contributed by atoms with Crippen molar-refractivity contribution in [3.8, 4) is 29.0 Å². The van der Waals surface area contributed by atoms with Crippen molar-refractivity contribution in [1.82, 2.24) is 19.9 Å². The maximum absolute atomic E-state index is 17.3. The Hall–Kier alpha value is -5.05. The van der Waals surface area contributed by atoms with Gasteiger partial charge in [0, 0.05) is 42.5 Å². The van der Waals surface area contributed by atoms with Gasteiger partial charge in [0.15, 0.2) is 5.82 Å². The van der Waals surface area contributed by atoms with Crippen LogP contribution in [-0.4, -0.2) is 71.5 Å². The second kappa shape index (κ2) is 14.8. The lowest BCUT2D eigenvalue weighted by molar-refractivity contribution is -0.138. The van der Waals surface area contributed by atoms with E-state index in [1.165, 1.54) is 12.6 Å². The lowest BCUT2D eigenvalue weighted by Gasteiger charge is -2.31. The van der Waals surface area contributed by atoms with Gasteiger partial charge in [-0.2, -0.15) is 28.4 Å². The first-order valence-electron chi connectivity index (χ1n) is 18.5. The Labute approximate surface area is 323 Å². The molecule has 3 fully saturated rings. The average molecular weight is 795 g/mol. The predicted octanol–water partition coefficient (Wildman–Crippen LogP) is 7.69. The number of ether oxygens (including phenoxy) is 3. The van der Waals surface area contributed by atoms with Crippen molar-refractivity contribution < 1.29 is 36.2 Å². The second-order valence-corrected chi connectivity index (χ2v) is 15.7. The van der Waals surface area contributed by atoms with Gasteiger partial charge in [-0.05, 0) is 68.8 Å². The van der Waals surface area contributed by atoms with Crippen LogP contribution in [0.3, 0.4) is 0 Å². The van der Waals surface area contributed by atoms with E-state index in [-0.39, 0.29) is 81.1 Å². The largest absolute Gasteiger partial charge is 0.490 e. The number of thiophene rings is 1. The van der Waals surface area contributed by atoms with Gasteiger partial charge in [0.1, 0.15) is 58.6 Å². The van der Waals surface area contributed by atoms with E-state index in [9.17, 15) is 5.26 Å². The van der Waals surface area contributed by atoms with Gasteiger partial charge in [-0.25, -0.2) is 13.8 Å². The number of nitrogens with zero attached hydrogens (tertiary/aromatic N) is 6. The molecule has 1 atom stereocenters. The summed E-state index contributed by atoms with van der Waals surface area (Å²) in [6.45, 7) is 6.11. The number of nitrogens with two attached hydrogens (primary N) is 2. The highest BCUT2D eigenvalue weighted by Gasteiger charge is 2.46. The van der Waals surface area contributed by atoms with Crippen LogP contribution in [0, 0.1) is 28.9 Å². The van der Waals surface area contributed by atoms with Crippen LogP contribution in [0.4, 0.5) is 38.6 Å². The first kappa shape index (κ1) is 37.9. The van der Waals surface area contributed by atoms with Crippen LogP contribution >= 0.6 is 11.3 Å². The van der Waals surface area contributed by atoms with E-state index in [1.54, 1.807) is 17.0 Å². The minimum atomic E-state index is -5.18. The maximum atomic E-state index is 17.3. The molecule has 17 heteroatoms. The number of aromatic nitrogens is 3. The standard InChI is InChI=1S/C34H29F5N8O2S.C5H10O/c35-20-6-5-18(21-19(14-40)30(42)50-28(20)21)22-24(34(37,38)39)27-23-26(25(22)36)44-32(49-16-33-7-2-10-47(33)11-3-8-33)45-31(23)46(12-13-48-27)15-17-4-1-9-43-29(17)41;1-5-2-3-6-4-5/h1,4-6,9H,2-3,7-8,10-13,15-16,42H2,(H2,41,43);5H,2-4H2,1H3. The zero-order chi connectivity index (χ0) is 39.4. The van der Waals surface area contributed by atoms with E-state index < -0.39 is 40.2 Å². The molecular weight excluding hydrogens is 756 g/mol. The summed E-state index contributed by atoms with van der Waals surface area (Å²) in [5.41, 5.74) is 8.95. The van der Waals surface area contributed by atoms with Crippen LogP contribution < -0.4 is 25.8 Å². The molecule has 2 aromatic carbocycles. The Morgan fingerprint density at radius 1 is 1.07 bits per heavy atom. The van der Waals surface area contributed by atoms with E-state index in [0.29, 0.717) is 16.9 Å². The molecule has 7 heterocycles. The minimum absolute atomic E-state index is 0.0364. The third-order valence-electron chi connectivity index (χ3n) is 11.1. The van der Waals surface area contributed by atoms with Crippen LogP contribution in [-0.2, 0) is 17.5 Å². The maximum Gasteiger partial charge on any atom is 0.420 e. The second-order valence-electron chi connectivity index (χ2n) is 14.7. The van der Waals surface area contributed by atoms with E-state index in [4.69, 9.17) is 25.7 Å². The summed E-state index contributed by atoms with van der Waals surface area (Å²) in [5, 5.41) is 9.24. The number of anilines is 3. The molecule has 0 aliphatic carbocycles. The van der Waals surface area contributed by atoms with Gasteiger partial charge in [-0.1, -0.05) is 19.1 Å². The fraction of sp³-hybridized carbons (Fsp3) is 0.436. The Morgan fingerprint density at radius 2 is 1.86 bits per heavy atom. The quantitative estimate of drug-likeness (QED) is 0.163. The highest BCUT2D eigenvalue weighted by molar-refractivity contribution is 7.23. The van der Waals surface area contributed by atoms with Crippen LogP contribution in [0.15, 0.2) is 30.5 Å². The van der Waals surface area contributed by atoms with E-state index in [0.717, 1.165) is 70.0 Å². The highest BCUT2D eigenvalue weighted by atomic mass is 32.1. The molecule has 0 bridgehead atoms. The molecule has 294 valence electrons. The zero-order valence-electron chi connectivity index (χ0n) is 30.5.